The molecule has 1 heterocycles. The normalized spacial score (nSPS) is 20.1. The summed E-state index contributed by atoms with van der Waals surface area (Å²) < 4.78 is 41.2. The minimum absolute atomic E-state index is 0.0573. The van der Waals surface area contributed by atoms with Crippen molar-refractivity contribution >= 4 is 0 Å². The van der Waals surface area contributed by atoms with E-state index in [9.17, 15) is 19.0 Å². The van der Waals surface area contributed by atoms with Crippen molar-refractivity contribution in [1.29, 1.82) is 0 Å². The maximum absolute atomic E-state index is 15.0. The Bertz CT molecular complexity index is 1340. The number of aryl methyl sites for hydroxylation is 2. The fourth-order valence-electron chi connectivity index (χ4n) is 5.62. The summed E-state index contributed by atoms with van der Waals surface area (Å²) >= 11 is 0. The van der Waals surface area contributed by atoms with Crippen molar-refractivity contribution in [1.82, 2.24) is 4.98 Å². The second-order valence-electron chi connectivity index (χ2n) is 11.0. The third-order valence-electron chi connectivity index (χ3n) is 7.91. The fourth-order valence-corrected chi connectivity index (χ4v) is 5.62. The van der Waals surface area contributed by atoms with Gasteiger partial charge in [0.15, 0.2) is 0 Å². The Kier molecular flexibility index (Phi) is 9.09. The van der Waals surface area contributed by atoms with Crippen molar-refractivity contribution < 1.29 is 38.7 Å². The average molecular weight is 558 g/mol. The van der Waals surface area contributed by atoms with Crippen LogP contribution in [-0.4, -0.2) is 51.0 Å². The minimum atomic E-state index is -1.21. The lowest BCUT2D eigenvalue weighted by molar-refractivity contribution is -0.0139. The summed E-state index contributed by atoms with van der Waals surface area (Å²) in [5, 5.41) is 33.4. The smallest absolute Gasteiger partial charge is 0.213 e. The molecule has 2 aliphatic rings. The zero-order valence-corrected chi connectivity index (χ0v) is 23.2. The molecule has 1 aromatic heterocycles. The van der Waals surface area contributed by atoms with E-state index in [1.165, 1.54) is 24.1 Å². The van der Waals surface area contributed by atoms with Crippen LogP contribution in [-0.2, 0) is 13.0 Å². The van der Waals surface area contributed by atoms with E-state index >= 15 is 0 Å². The van der Waals surface area contributed by atoms with E-state index < -0.39 is 24.0 Å². The molecule has 0 bridgehead atoms. The molecule has 3 aromatic rings. The van der Waals surface area contributed by atoms with Gasteiger partial charge in [0.05, 0.1) is 18.8 Å². The highest BCUT2D eigenvalue weighted by atomic mass is 19.1. The Morgan fingerprint density at radius 2 is 1.68 bits per heavy atom. The Balaban J connectivity index is 0.00000118. The molecule has 0 spiro atoms. The average Bonchev–Trinajstić information content (AvgIpc) is 3.34. The lowest BCUT2D eigenvalue weighted by Gasteiger charge is -2.21. The van der Waals surface area contributed by atoms with Gasteiger partial charge in [0.2, 0.25) is 5.88 Å². The van der Waals surface area contributed by atoms with Crippen LogP contribution in [0.5, 0.6) is 11.6 Å². The first-order valence-electron chi connectivity index (χ1n) is 13.4. The number of aromatic nitrogens is 1. The summed E-state index contributed by atoms with van der Waals surface area (Å²) in [6.45, 7) is 6.55. The summed E-state index contributed by atoms with van der Waals surface area (Å²) in [6, 6.07) is 7.93. The molecule has 2 aliphatic carbocycles. The number of rotatable bonds is 9. The molecule has 216 valence electrons. The van der Waals surface area contributed by atoms with Crippen molar-refractivity contribution in [2.45, 2.75) is 58.7 Å². The van der Waals surface area contributed by atoms with Crippen LogP contribution < -0.4 is 9.47 Å². The van der Waals surface area contributed by atoms with Gasteiger partial charge in [-0.3, -0.25) is 0 Å². The van der Waals surface area contributed by atoms with Crippen molar-refractivity contribution in [3.8, 4) is 22.8 Å². The molecular formula is C31H37F2NO6. The van der Waals surface area contributed by atoms with Gasteiger partial charge in [-0.05, 0) is 91.0 Å². The zero-order valence-electron chi connectivity index (χ0n) is 23.2. The molecule has 9 heteroatoms. The van der Waals surface area contributed by atoms with Gasteiger partial charge in [-0.1, -0.05) is 6.92 Å². The van der Waals surface area contributed by atoms with Gasteiger partial charge in [-0.25, -0.2) is 13.8 Å². The van der Waals surface area contributed by atoms with Crippen LogP contribution in [0.15, 0.2) is 36.5 Å². The molecule has 1 fully saturated rings. The van der Waals surface area contributed by atoms with Gasteiger partial charge in [0.25, 0.3) is 0 Å². The highest BCUT2D eigenvalue weighted by molar-refractivity contribution is 5.73. The number of ether oxygens (including phenoxy) is 2. The number of hydrogen-bond donors (Lipinski definition) is 4. The number of pyridine rings is 1. The predicted octanol–water partition coefficient (Wildman–Crippen LogP) is 4.57. The van der Waals surface area contributed by atoms with Crippen LogP contribution in [0.1, 0.15) is 54.0 Å². The van der Waals surface area contributed by atoms with E-state index in [2.05, 4.69) is 11.9 Å². The molecular weight excluding hydrogens is 520 g/mol. The molecule has 40 heavy (non-hydrogen) atoms. The van der Waals surface area contributed by atoms with Gasteiger partial charge in [-0.2, -0.15) is 0 Å². The van der Waals surface area contributed by atoms with Crippen LogP contribution in [0.2, 0.25) is 0 Å². The van der Waals surface area contributed by atoms with E-state index in [1.54, 1.807) is 12.1 Å². The topological polar surface area (TPSA) is 112 Å². The maximum atomic E-state index is 15.0. The molecule has 0 aliphatic heterocycles. The van der Waals surface area contributed by atoms with Crippen molar-refractivity contribution in [2.75, 3.05) is 20.0 Å². The monoisotopic (exact) mass is 557 g/mol. The van der Waals surface area contributed by atoms with E-state index in [-0.39, 0.29) is 31.8 Å². The molecule has 4 atom stereocenters. The molecule has 7 nitrogen and oxygen atoms in total. The summed E-state index contributed by atoms with van der Waals surface area (Å²) in [5.74, 6) is 1.77. The number of nitrogens with zero attached hydrogens (tertiary/aromatic N) is 1. The van der Waals surface area contributed by atoms with Crippen LogP contribution in [0.25, 0.3) is 11.1 Å². The van der Waals surface area contributed by atoms with Gasteiger partial charge < -0.3 is 29.9 Å². The molecule has 0 saturated heterocycles. The van der Waals surface area contributed by atoms with Crippen LogP contribution in [0.3, 0.4) is 0 Å². The summed E-state index contributed by atoms with van der Waals surface area (Å²) in [7, 11) is 0. The Hall–Kier alpha value is -3.11. The molecule has 0 radical (unpaired) electrons. The Labute approximate surface area is 233 Å². The van der Waals surface area contributed by atoms with E-state index in [4.69, 9.17) is 19.7 Å². The molecule has 3 unspecified atom stereocenters. The number of halogens is 2. The summed E-state index contributed by atoms with van der Waals surface area (Å²) in [4.78, 5) is 4.43. The van der Waals surface area contributed by atoms with E-state index in [1.807, 2.05) is 26.1 Å². The second kappa shape index (κ2) is 12.2. The number of aliphatic hydroxyl groups excluding tert-OH is 2. The van der Waals surface area contributed by atoms with Gasteiger partial charge >= 0.3 is 0 Å². The van der Waals surface area contributed by atoms with Crippen molar-refractivity contribution in [2.24, 2.45) is 11.8 Å². The number of hydrogen-bond acceptors (Lipinski definition) is 7. The van der Waals surface area contributed by atoms with Gasteiger partial charge in [-0.15, -0.1) is 0 Å². The first kappa shape index (κ1) is 29.9. The van der Waals surface area contributed by atoms with Crippen molar-refractivity contribution in [3.63, 3.8) is 0 Å². The zero-order chi connectivity index (χ0) is 29.2. The highest BCUT2D eigenvalue weighted by Gasteiger charge is 2.52. The summed E-state index contributed by atoms with van der Waals surface area (Å²) in [5.41, 5.74) is 4.10. The minimum Gasteiger partial charge on any atom is -0.493 e. The number of benzene rings is 2. The van der Waals surface area contributed by atoms with E-state index in [0.29, 0.717) is 34.6 Å². The largest absolute Gasteiger partial charge is 0.493 e. The molecule has 4 N–H and O–H groups in total. The second-order valence-corrected chi connectivity index (χ2v) is 11.0. The van der Waals surface area contributed by atoms with Crippen LogP contribution in [0.4, 0.5) is 8.78 Å². The standard InChI is InChI=1S/C30H33F2NO4.CH4O2/c1-16-7-21(36-6-5-30(4,35)15-34)8-17(2)28(16)23-10-20(25(31)12-26(23)32)14-37-27-11-19-9-22-18(3)29(22)24(19)13-33-27;2-1-3/h7-8,10-13,18,22,29,34-35H,5-6,9,14-15H2,1-4H3;2-3H,1H2/t18-,22?,29?,30?;/m0./s1. The Morgan fingerprint density at radius 1 is 1.00 bits per heavy atom. The quantitative estimate of drug-likeness (QED) is 0.285. The van der Waals surface area contributed by atoms with Crippen molar-refractivity contribution in [3.05, 3.63) is 76.0 Å². The van der Waals surface area contributed by atoms with Gasteiger partial charge in [0.1, 0.15) is 30.8 Å². The highest BCUT2D eigenvalue weighted by Crippen LogP contribution is 2.61. The first-order valence-corrected chi connectivity index (χ1v) is 13.4. The lowest BCUT2D eigenvalue weighted by Crippen LogP contribution is -2.31. The lowest BCUT2D eigenvalue weighted by atomic mass is 9.93. The summed E-state index contributed by atoms with van der Waals surface area (Å²) in [6.07, 6.45) is 3.18. The van der Waals surface area contributed by atoms with E-state index in [0.717, 1.165) is 29.5 Å². The molecule has 5 rings (SSSR count). The SMILES string of the molecule is Cc1cc(OCCC(C)(O)CO)cc(C)c1-c1cc(COc2cc3c(cn2)C2C(C3)[C@@H]2C)c(F)cc1F.OCO. The predicted molar refractivity (Wildman–Crippen MR) is 146 cm³/mol. The van der Waals surface area contributed by atoms with Crippen LogP contribution >= 0.6 is 0 Å². The molecule has 0 amide bonds. The van der Waals surface area contributed by atoms with Crippen LogP contribution in [0, 0.1) is 37.3 Å². The fraction of sp³-hybridized carbons (Fsp3) is 0.452. The van der Waals surface area contributed by atoms with Gasteiger partial charge in [0, 0.05) is 35.9 Å². The maximum Gasteiger partial charge on any atom is 0.213 e. The Morgan fingerprint density at radius 3 is 2.33 bits per heavy atom. The number of fused-ring (bicyclic) bond motifs is 3. The number of aliphatic hydroxyl groups is 4. The third-order valence-corrected chi connectivity index (χ3v) is 7.91. The molecule has 2 aromatic carbocycles. The third kappa shape index (κ3) is 6.44. The first-order chi connectivity index (χ1) is 19.0. The molecule has 1 saturated carbocycles.